The summed E-state index contributed by atoms with van der Waals surface area (Å²) in [4.78, 5) is 10.4. The molecule has 0 aliphatic rings. The zero-order valence-corrected chi connectivity index (χ0v) is 11.9. The maximum atomic E-state index is 10.4. The Balaban J connectivity index is 2.14. The third kappa shape index (κ3) is 3.51. The fraction of sp³-hybridized carbons (Fsp3) is 0.308. The number of thioether (sulfide) groups is 1. The number of aromatic nitrogens is 2. The van der Waals surface area contributed by atoms with Crippen molar-refractivity contribution < 1.29 is 19.1 Å². The van der Waals surface area contributed by atoms with Gasteiger partial charge in [-0.2, -0.15) is 0 Å². The van der Waals surface area contributed by atoms with Crippen molar-refractivity contribution in [2.45, 2.75) is 18.6 Å². The van der Waals surface area contributed by atoms with E-state index in [0.29, 0.717) is 22.6 Å². The lowest BCUT2D eigenvalue weighted by atomic mass is 10.1. The number of ether oxygens (including phenoxy) is 1. The molecule has 0 saturated heterocycles. The molecule has 0 amide bonds. The summed E-state index contributed by atoms with van der Waals surface area (Å²) in [6, 6.07) is 5.67. The maximum absolute atomic E-state index is 10.4. The molecule has 0 spiro atoms. The molecule has 0 fully saturated rings. The standard InChI is InChI=1S/C13H14N2O4S/c1-8-3-4-9(10(7-8)18-2)12-14-15-13(19-12)20-6-5-11(16)17/h3-4,7H,5-6H2,1-2H3,(H,16,17). The van der Waals surface area contributed by atoms with Crippen LogP contribution in [0.4, 0.5) is 0 Å². The van der Waals surface area contributed by atoms with Gasteiger partial charge in [0.15, 0.2) is 0 Å². The number of nitrogens with zero attached hydrogens (tertiary/aromatic N) is 2. The molecule has 7 heteroatoms. The highest BCUT2D eigenvalue weighted by Crippen LogP contribution is 2.31. The third-order valence-corrected chi connectivity index (χ3v) is 3.36. The zero-order valence-electron chi connectivity index (χ0n) is 11.1. The Morgan fingerprint density at radius 1 is 1.45 bits per heavy atom. The summed E-state index contributed by atoms with van der Waals surface area (Å²) in [5.41, 5.74) is 1.79. The van der Waals surface area contributed by atoms with Gasteiger partial charge in [0.1, 0.15) is 5.75 Å². The van der Waals surface area contributed by atoms with Crippen LogP contribution < -0.4 is 4.74 Å². The first-order valence-electron chi connectivity index (χ1n) is 5.93. The van der Waals surface area contributed by atoms with Crippen LogP contribution in [0.25, 0.3) is 11.5 Å². The van der Waals surface area contributed by atoms with Gasteiger partial charge in [0, 0.05) is 5.75 Å². The molecule has 0 aliphatic carbocycles. The fourth-order valence-electron chi connectivity index (χ4n) is 1.58. The predicted octanol–water partition coefficient (Wildman–Crippen LogP) is 2.62. The van der Waals surface area contributed by atoms with E-state index >= 15 is 0 Å². The molecule has 0 atom stereocenters. The molecule has 2 aromatic rings. The summed E-state index contributed by atoms with van der Waals surface area (Å²) in [6.07, 6.45) is 0.0518. The van der Waals surface area contributed by atoms with E-state index in [-0.39, 0.29) is 6.42 Å². The molecule has 0 saturated carbocycles. The zero-order chi connectivity index (χ0) is 14.5. The van der Waals surface area contributed by atoms with Gasteiger partial charge in [-0.3, -0.25) is 4.79 Å². The van der Waals surface area contributed by atoms with Crippen LogP contribution in [0.15, 0.2) is 27.8 Å². The van der Waals surface area contributed by atoms with Crippen LogP contribution in [-0.4, -0.2) is 34.1 Å². The maximum Gasteiger partial charge on any atom is 0.304 e. The van der Waals surface area contributed by atoms with E-state index in [1.54, 1.807) is 7.11 Å². The number of hydrogen-bond donors (Lipinski definition) is 1. The van der Waals surface area contributed by atoms with Gasteiger partial charge in [-0.25, -0.2) is 0 Å². The Bertz CT molecular complexity index is 612. The quantitative estimate of drug-likeness (QED) is 0.819. The molecule has 0 unspecified atom stereocenters. The second-order valence-electron chi connectivity index (χ2n) is 4.07. The van der Waals surface area contributed by atoms with Crippen molar-refractivity contribution in [3.63, 3.8) is 0 Å². The van der Waals surface area contributed by atoms with Crippen molar-refractivity contribution in [2.24, 2.45) is 0 Å². The summed E-state index contributed by atoms with van der Waals surface area (Å²) in [6.45, 7) is 1.97. The van der Waals surface area contributed by atoms with E-state index in [1.165, 1.54) is 11.8 Å². The molecule has 1 heterocycles. The van der Waals surface area contributed by atoms with E-state index in [1.807, 2.05) is 25.1 Å². The second kappa shape index (κ2) is 6.42. The number of rotatable bonds is 6. The number of carboxylic acid groups (broad SMARTS) is 1. The first-order chi connectivity index (χ1) is 9.60. The number of aryl methyl sites for hydroxylation is 1. The first-order valence-corrected chi connectivity index (χ1v) is 6.92. The summed E-state index contributed by atoms with van der Waals surface area (Å²) in [5.74, 6) is 0.565. The minimum atomic E-state index is -0.850. The minimum Gasteiger partial charge on any atom is -0.496 e. The Hall–Kier alpha value is -2.02. The molecule has 0 bridgehead atoms. The van der Waals surface area contributed by atoms with Crippen LogP contribution in [0.1, 0.15) is 12.0 Å². The van der Waals surface area contributed by atoms with E-state index < -0.39 is 5.97 Å². The van der Waals surface area contributed by atoms with Gasteiger partial charge in [0.05, 0.1) is 19.1 Å². The first kappa shape index (κ1) is 14.4. The van der Waals surface area contributed by atoms with Crippen molar-refractivity contribution >= 4 is 17.7 Å². The lowest BCUT2D eigenvalue weighted by Gasteiger charge is -2.05. The molecule has 0 aliphatic heterocycles. The van der Waals surface area contributed by atoms with Gasteiger partial charge in [-0.05, 0) is 24.6 Å². The molecule has 1 aromatic heterocycles. The summed E-state index contributed by atoms with van der Waals surface area (Å²) >= 11 is 1.22. The van der Waals surface area contributed by atoms with E-state index in [9.17, 15) is 4.79 Å². The van der Waals surface area contributed by atoms with Crippen molar-refractivity contribution in [1.29, 1.82) is 0 Å². The lowest BCUT2D eigenvalue weighted by Crippen LogP contribution is -1.95. The van der Waals surface area contributed by atoms with Crippen LogP contribution in [0.2, 0.25) is 0 Å². The molecule has 20 heavy (non-hydrogen) atoms. The Labute approximate surface area is 120 Å². The van der Waals surface area contributed by atoms with Crippen LogP contribution in [0.3, 0.4) is 0 Å². The molecule has 106 valence electrons. The minimum absolute atomic E-state index is 0.0518. The smallest absolute Gasteiger partial charge is 0.304 e. The molecule has 2 rings (SSSR count). The van der Waals surface area contributed by atoms with Gasteiger partial charge < -0.3 is 14.3 Å². The largest absolute Gasteiger partial charge is 0.496 e. The van der Waals surface area contributed by atoms with Gasteiger partial charge >= 0.3 is 5.97 Å². The summed E-state index contributed by atoms with van der Waals surface area (Å²) in [7, 11) is 1.58. The highest BCUT2D eigenvalue weighted by Gasteiger charge is 2.14. The normalized spacial score (nSPS) is 10.5. The highest BCUT2D eigenvalue weighted by molar-refractivity contribution is 7.99. The van der Waals surface area contributed by atoms with E-state index in [4.69, 9.17) is 14.3 Å². The van der Waals surface area contributed by atoms with Crippen LogP contribution in [-0.2, 0) is 4.79 Å². The molecule has 1 N–H and O–H groups in total. The second-order valence-corrected chi connectivity index (χ2v) is 5.12. The van der Waals surface area contributed by atoms with Crippen molar-refractivity contribution in [2.75, 3.05) is 12.9 Å². The number of hydrogen-bond acceptors (Lipinski definition) is 6. The number of benzene rings is 1. The SMILES string of the molecule is COc1cc(C)ccc1-c1nnc(SCCC(=O)O)o1. The predicted molar refractivity (Wildman–Crippen MR) is 74.0 cm³/mol. The Morgan fingerprint density at radius 3 is 2.95 bits per heavy atom. The Kier molecular flexibility index (Phi) is 4.62. The average Bonchev–Trinajstić information content (AvgIpc) is 2.86. The molecule has 1 aromatic carbocycles. The fourth-order valence-corrected chi connectivity index (χ4v) is 2.27. The van der Waals surface area contributed by atoms with Gasteiger partial charge in [-0.1, -0.05) is 17.8 Å². The van der Waals surface area contributed by atoms with E-state index in [2.05, 4.69) is 10.2 Å². The van der Waals surface area contributed by atoms with Crippen LogP contribution in [0, 0.1) is 6.92 Å². The lowest BCUT2D eigenvalue weighted by molar-refractivity contribution is -0.136. The molecule has 0 radical (unpaired) electrons. The van der Waals surface area contributed by atoms with Crippen LogP contribution >= 0.6 is 11.8 Å². The van der Waals surface area contributed by atoms with Gasteiger partial charge in [-0.15, -0.1) is 10.2 Å². The van der Waals surface area contributed by atoms with E-state index in [0.717, 1.165) is 11.1 Å². The van der Waals surface area contributed by atoms with Crippen molar-refractivity contribution in [1.82, 2.24) is 10.2 Å². The van der Waals surface area contributed by atoms with Crippen LogP contribution in [0.5, 0.6) is 5.75 Å². The number of aliphatic carboxylic acids is 1. The summed E-state index contributed by atoms with van der Waals surface area (Å²) in [5, 5.41) is 16.8. The molecular weight excluding hydrogens is 280 g/mol. The average molecular weight is 294 g/mol. The Morgan fingerprint density at radius 2 is 2.25 bits per heavy atom. The molecule has 6 nitrogen and oxygen atoms in total. The van der Waals surface area contributed by atoms with Crippen molar-refractivity contribution in [3.8, 4) is 17.2 Å². The highest BCUT2D eigenvalue weighted by atomic mass is 32.2. The van der Waals surface area contributed by atoms with Gasteiger partial charge in [0.2, 0.25) is 0 Å². The van der Waals surface area contributed by atoms with Crippen molar-refractivity contribution in [3.05, 3.63) is 23.8 Å². The number of carbonyl (C=O) groups is 1. The number of carboxylic acids is 1. The monoisotopic (exact) mass is 294 g/mol. The topological polar surface area (TPSA) is 85.5 Å². The summed E-state index contributed by atoms with van der Waals surface area (Å²) < 4.78 is 10.8. The third-order valence-electron chi connectivity index (χ3n) is 2.54. The molecular formula is C13H14N2O4S. The number of methoxy groups -OCH3 is 1. The van der Waals surface area contributed by atoms with Gasteiger partial charge in [0.25, 0.3) is 11.1 Å².